The van der Waals surface area contributed by atoms with E-state index in [1.165, 1.54) is 0 Å². The van der Waals surface area contributed by atoms with Crippen molar-refractivity contribution in [2.24, 2.45) is 5.92 Å². The SMILES string of the molecule is CC(C)C(=O)NCCc1nnc(S(=O)(=O)Cc2ccc(Cl)cc2)o1. The second kappa shape index (κ2) is 7.76. The molecule has 1 amide bonds. The van der Waals surface area contributed by atoms with Crippen LogP contribution in [0.2, 0.25) is 5.02 Å². The Morgan fingerprint density at radius 2 is 1.92 bits per heavy atom. The summed E-state index contributed by atoms with van der Waals surface area (Å²) in [6, 6.07) is 6.48. The molecule has 24 heavy (non-hydrogen) atoms. The number of carbonyl (C=O) groups excluding carboxylic acids is 1. The molecule has 0 aliphatic rings. The van der Waals surface area contributed by atoms with Gasteiger partial charge in [-0.15, -0.1) is 5.10 Å². The third-order valence-corrected chi connectivity index (χ3v) is 4.81. The predicted octanol–water partition coefficient (Wildman–Crippen LogP) is 2.01. The summed E-state index contributed by atoms with van der Waals surface area (Å²) in [6.07, 6.45) is 0.266. The smallest absolute Gasteiger partial charge is 0.335 e. The van der Waals surface area contributed by atoms with Crippen molar-refractivity contribution in [3.63, 3.8) is 0 Å². The van der Waals surface area contributed by atoms with E-state index >= 15 is 0 Å². The number of hydrogen-bond acceptors (Lipinski definition) is 6. The van der Waals surface area contributed by atoms with Gasteiger partial charge >= 0.3 is 5.22 Å². The van der Waals surface area contributed by atoms with Crippen molar-refractivity contribution in [2.45, 2.75) is 31.2 Å². The lowest BCUT2D eigenvalue weighted by Gasteiger charge is -2.05. The Hall–Kier alpha value is -1.93. The van der Waals surface area contributed by atoms with E-state index in [1.54, 1.807) is 38.1 Å². The zero-order valence-corrected chi connectivity index (χ0v) is 14.9. The first-order chi connectivity index (χ1) is 11.3. The molecule has 2 rings (SSSR count). The van der Waals surface area contributed by atoms with Crippen LogP contribution in [0.4, 0.5) is 0 Å². The fourth-order valence-corrected chi connectivity index (χ4v) is 3.09. The number of amides is 1. The van der Waals surface area contributed by atoms with Crippen LogP contribution >= 0.6 is 11.6 Å². The van der Waals surface area contributed by atoms with Crippen molar-refractivity contribution in [1.82, 2.24) is 15.5 Å². The van der Waals surface area contributed by atoms with Crippen molar-refractivity contribution in [1.29, 1.82) is 0 Å². The van der Waals surface area contributed by atoms with Gasteiger partial charge in [-0.05, 0) is 17.7 Å². The van der Waals surface area contributed by atoms with Crippen LogP contribution in [-0.4, -0.2) is 31.1 Å². The summed E-state index contributed by atoms with van der Waals surface area (Å²) in [5.41, 5.74) is 0.573. The molecule has 0 aliphatic carbocycles. The van der Waals surface area contributed by atoms with Crippen LogP contribution in [0.5, 0.6) is 0 Å². The van der Waals surface area contributed by atoms with Gasteiger partial charge in [0.1, 0.15) is 0 Å². The van der Waals surface area contributed by atoms with E-state index < -0.39 is 15.1 Å². The lowest BCUT2D eigenvalue weighted by molar-refractivity contribution is -0.123. The van der Waals surface area contributed by atoms with Crippen LogP contribution in [0.15, 0.2) is 33.9 Å². The Bertz CT molecular complexity index is 800. The minimum absolute atomic E-state index is 0.0925. The average molecular weight is 372 g/mol. The van der Waals surface area contributed by atoms with E-state index in [-0.39, 0.29) is 29.9 Å². The zero-order valence-electron chi connectivity index (χ0n) is 13.3. The van der Waals surface area contributed by atoms with Crippen molar-refractivity contribution in [3.8, 4) is 0 Å². The fourth-order valence-electron chi connectivity index (χ4n) is 1.82. The van der Waals surface area contributed by atoms with Gasteiger partial charge in [0.2, 0.25) is 21.6 Å². The van der Waals surface area contributed by atoms with Gasteiger partial charge in [-0.2, -0.15) is 0 Å². The Labute approximate surface area is 145 Å². The van der Waals surface area contributed by atoms with Gasteiger partial charge in [-0.3, -0.25) is 4.79 Å². The standard InChI is InChI=1S/C15H18ClN3O4S/c1-10(2)14(20)17-8-7-13-18-19-15(23-13)24(21,22)9-11-3-5-12(16)6-4-11/h3-6,10H,7-9H2,1-2H3,(H,17,20). The largest absolute Gasteiger partial charge is 0.412 e. The lowest BCUT2D eigenvalue weighted by atomic mass is 10.2. The maximum absolute atomic E-state index is 12.3. The van der Waals surface area contributed by atoms with Crippen molar-refractivity contribution in [2.75, 3.05) is 6.54 Å². The summed E-state index contributed by atoms with van der Waals surface area (Å²) in [5, 5.41) is 10.1. The molecule has 7 nitrogen and oxygen atoms in total. The molecule has 0 saturated heterocycles. The molecule has 0 aliphatic heterocycles. The number of sulfone groups is 1. The third kappa shape index (κ3) is 5.04. The van der Waals surface area contributed by atoms with Crippen molar-refractivity contribution >= 4 is 27.3 Å². The van der Waals surface area contributed by atoms with Crippen LogP contribution in [-0.2, 0) is 26.8 Å². The van der Waals surface area contributed by atoms with Crippen molar-refractivity contribution < 1.29 is 17.6 Å². The quantitative estimate of drug-likeness (QED) is 0.798. The van der Waals surface area contributed by atoms with Gasteiger partial charge in [0.25, 0.3) is 0 Å². The second-order valence-electron chi connectivity index (χ2n) is 5.54. The summed E-state index contributed by atoms with van der Waals surface area (Å²) in [4.78, 5) is 11.4. The van der Waals surface area contributed by atoms with Gasteiger partial charge < -0.3 is 9.73 Å². The molecule has 0 radical (unpaired) electrons. The summed E-state index contributed by atoms with van der Waals surface area (Å²) in [6.45, 7) is 3.86. The minimum Gasteiger partial charge on any atom is -0.412 e. The van der Waals surface area contributed by atoms with E-state index in [0.29, 0.717) is 17.1 Å². The number of carbonyl (C=O) groups is 1. The summed E-state index contributed by atoms with van der Waals surface area (Å²) < 4.78 is 29.7. The molecule has 130 valence electrons. The Balaban J connectivity index is 1.98. The first-order valence-electron chi connectivity index (χ1n) is 7.35. The maximum Gasteiger partial charge on any atom is 0.335 e. The molecule has 0 bridgehead atoms. The van der Waals surface area contributed by atoms with E-state index in [9.17, 15) is 13.2 Å². The lowest BCUT2D eigenvalue weighted by Crippen LogP contribution is -2.29. The summed E-state index contributed by atoms with van der Waals surface area (Å²) >= 11 is 5.77. The zero-order chi connectivity index (χ0) is 17.7. The monoisotopic (exact) mass is 371 g/mol. The number of benzene rings is 1. The third-order valence-electron chi connectivity index (χ3n) is 3.15. The van der Waals surface area contributed by atoms with Gasteiger partial charge in [0, 0.05) is 23.9 Å². The molecule has 0 saturated carbocycles. The molecule has 1 aromatic heterocycles. The molecule has 1 heterocycles. The molecular weight excluding hydrogens is 354 g/mol. The first-order valence-corrected chi connectivity index (χ1v) is 9.38. The number of nitrogens with zero attached hydrogens (tertiary/aromatic N) is 2. The van der Waals surface area contributed by atoms with Gasteiger partial charge in [0.15, 0.2) is 0 Å². The van der Waals surface area contributed by atoms with Crippen LogP contribution in [0.25, 0.3) is 0 Å². The highest BCUT2D eigenvalue weighted by atomic mass is 35.5. The molecule has 1 N–H and O–H groups in total. The minimum atomic E-state index is -3.73. The van der Waals surface area contributed by atoms with E-state index in [2.05, 4.69) is 15.5 Å². The van der Waals surface area contributed by atoms with E-state index in [0.717, 1.165) is 0 Å². The molecule has 0 atom stereocenters. The van der Waals surface area contributed by atoms with Crippen LogP contribution < -0.4 is 5.32 Å². The fraction of sp³-hybridized carbons (Fsp3) is 0.400. The van der Waals surface area contributed by atoms with Crippen molar-refractivity contribution in [3.05, 3.63) is 40.7 Å². The van der Waals surface area contributed by atoms with Crippen LogP contribution in [0.3, 0.4) is 0 Å². The predicted molar refractivity (Wildman–Crippen MR) is 88.2 cm³/mol. The highest BCUT2D eigenvalue weighted by Crippen LogP contribution is 2.17. The Morgan fingerprint density at radius 1 is 1.25 bits per heavy atom. The average Bonchev–Trinajstić information content (AvgIpc) is 2.99. The van der Waals surface area contributed by atoms with E-state index in [1.807, 2.05) is 0 Å². The summed E-state index contributed by atoms with van der Waals surface area (Å²) in [5.74, 6) is -0.308. The highest BCUT2D eigenvalue weighted by Gasteiger charge is 2.23. The number of hydrogen-bond donors (Lipinski definition) is 1. The van der Waals surface area contributed by atoms with Gasteiger partial charge in [-0.1, -0.05) is 42.7 Å². The Morgan fingerprint density at radius 3 is 2.54 bits per heavy atom. The molecule has 9 heteroatoms. The first kappa shape index (κ1) is 18.4. The molecule has 0 spiro atoms. The van der Waals surface area contributed by atoms with Crippen LogP contribution in [0, 0.1) is 5.92 Å². The molecule has 2 aromatic rings. The normalized spacial score (nSPS) is 11.7. The van der Waals surface area contributed by atoms with Crippen LogP contribution in [0.1, 0.15) is 25.3 Å². The number of rotatable bonds is 7. The molecule has 0 fully saturated rings. The Kier molecular flexibility index (Phi) is 5.95. The van der Waals surface area contributed by atoms with E-state index in [4.69, 9.17) is 16.0 Å². The second-order valence-corrected chi connectivity index (χ2v) is 7.85. The maximum atomic E-state index is 12.3. The number of nitrogens with one attached hydrogen (secondary N) is 1. The number of aromatic nitrogens is 2. The summed E-state index contributed by atoms with van der Waals surface area (Å²) in [7, 11) is -3.73. The highest BCUT2D eigenvalue weighted by molar-refractivity contribution is 7.90. The topological polar surface area (TPSA) is 102 Å². The molecular formula is C15H18ClN3O4S. The molecule has 0 unspecified atom stereocenters. The molecule has 1 aromatic carbocycles. The van der Waals surface area contributed by atoms with Gasteiger partial charge in [0.05, 0.1) is 5.75 Å². The van der Waals surface area contributed by atoms with Gasteiger partial charge in [-0.25, -0.2) is 8.42 Å². The number of halogens is 1.